The number of thiocarbonyl (C=S) groups is 1. The normalized spacial score (nSPS) is 16.1. The lowest BCUT2D eigenvalue weighted by molar-refractivity contribution is -0.113. The summed E-state index contributed by atoms with van der Waals surface area (Å²) in [6, 6.07) is 12.6. The van der Waals surface area contributed by atoms with Gasteiger partial charge in [0.25, 0.3) is 5.91 Å². The van der Waals surface area contributed by atoms with Gasteiger partial charge in [0.05, 0.1) is 31.5 Å². The van der Waals surface area contributed by atoms with Crippen LogP contribution in [0.1, 0.15) is 18.5 Å². The molecule has 0 unspecified atom stereocenters. The molecule has 0 saturated carbocycles. The van der Waals surface area contributed by atoms with Crippen molar-refractivity contribution in [3.63, 3.8) is 0 Å². The highest BCUT2D eigenvalue weighted by molar-refractivity contribution is 9.10. The highest BCUT2D eigenvalue weighted by Gasteiger charge is 2.30. The fraction of sp³-hybridized carbons (Fsp3) is 0.200. The zero-order valence-corrected chi connectivity index (χ0v) is 18.0. The first-order chi connectivity index (χ1) is 13.4. The van der Waals surface area contributed by atoms with Crippen LogP contribution in [0.5, 0.6) is 11.5 Å². The quantitative estimate of drug-likeness (QED) is 0.586. The number of anilines is 1. The largest absolute Gasteiger partial charge is 0.497 e. The molecule has 0 aromatic heterocycles. The van der Waals surface area contributed by atoms with Gasteiger partial charge in [-0.1, -0.05) is 28.1 Å². The molecule has 0 fully saturated rings. The Balaban J connectivity index is 1.96. The van der Waals surface area contributed by atoms with Gasteiger partial charge in [-0.15, -0.1) is 0 Å². The molecule has 2 aromatic carbocycles. The van der Waals surface area contributed by atoms with Crippen molar-refractivity contribution >= 4 is 44.9 Å². The smallest absolute Gasteiger partial charge is 0.255 e. The van der Waals surface area contributed by atoms with E-state index in [4.69, 9.17) is 21.7 Å². The third-order valence-corrected chi connectivity index (χ3v) is 5.07. The van der Waals surface area contributed by atoms with Crippen LogP contribution in [0, 0.1) is 0 Å². The minimum absolute atomic E-state index is 0.256. The Bertz CT molecular complexity index is 961. The van der Waals surface area contributed by atoms with Crippen LogP contribution in [-0.2, 0) is 4.79 Å². The number of amides is 1. The Morgan fingerprint density at radius 1 is 1.18 bits per heavy atom. The van der Waals surface area contributed by atoms with Crippen LogP contribution in [-0.4, -0.2) is 25.2 Å². The molecule has 1 atom stereocenters. The van der Waals surface area contributed by atoms with Crippen LogP contribution in [0.25, 0.3) is 0 Å². The summed E-state index contributed by atoms with van der Waals surface area (Å²) in [7, 11) is 3.12. The molecule has 3 rings (SSSR count). The first kappa shape index (κ1) is 20.2. The van der Waals surface area contributed by atoms with E-state index in [0.717, 1.165) is 10.0 Å². The fourth-order valence-electron chi connectivity index (χ4n) is 3.02. The maximum atomic E-state index is 13.2. The van der Waals surface area contributed by atoms with E-state index < -0.39 is 0 Å². The molecule has 0 radical (unpaired) electrons. The van der Waals surface area contributed by atoms with Gasteiger partial charge >= 0.3 is 0 Å². The van der Waals surface area contributed by atoms with Gasteiger partial charge in [0.2, 0.25) is 0 Å². The first-order valence-electron chi connectivity index (χ1n) is 8.50. The van der Waals surface area contributed by atoms with E-state index in [2.05, 4.69) is 31.9 Å². The van der Waals surface area contributed by atoms with Gasteiger partial charge in [-0.3, -0.25) is 4.79 Å². The third-order valence-electron chi connectivity index (χ3n) is 4.35. The van der Waals surface area contributed by atoms with Crippen molar-refractivity contribution in [3.8, 4) is 11.5 Å². The van der Waals surface area contributed by atoms with Crippen LogP contribution in [0.2, 0.25) is 0 Å². The number of carbonyl (C=O) groups excluding carboxylic acids is 1. The van der Waals surface area contributed by atoms with Gasteiger partial charge in [0, 0.05) is 16.2 Å². The maximum Gasteiger partial charge on any atom is 0.255 e. The second-order valence-corrected chi connectivity index (χ2v) is 7.47. The van der Waals surface area contributed by atoms with Crippen molar-refractivity contribution in [3.05, 3.63) is 63.8 Å². The van der Waals surface area contributed by atoms with Crippen LogP contribution in [0.15, 0.2) is 58.2 Å². The summed E-state index contributed by atoms with van der Waals surface area (Å²) in [4.78, 5) is 13.2. The number of hydrogen-bond donors (Lipinski definition) is 3. The number of ether oxygens (including phenoxy) is 2. The highest BCUT2D eigenvalue weighted by Crippen LogP contribution is 2.32. The summed E-state index contributed by atoms with van der Waals surface area (Å²) in [5.41, 5.74) is 2.71. The summed E-state index contributed by atoms with van der Waals surface area (Å²) < 4.78 is 11.5. The molecule has 0 bridgehead atoms. The van der Waals surface area contributed by atoms with Crippen molar-refractivity contribution in [1.29, 1.82) is 0 Å². The monoisotopic (exact) mass is 461 g/mol. The molecule has 0 saturated heterocycles. The molecule has 146 valence electrons. The maximum absolute atomic E-state index is 13.2. The van der Waals surface area contributed by atoms with Gasteiger partial charge in [-0.05, 0) is 49.0 Å². The topological polar surface area (TPSA) is 71.6 Å². The summed E-state index contributed by atoms with van der Waals surface area (Å²) >= 11 is 8.78. The van der Waals surface area contributed by atoms with E-state index in [1.807, 2.05) is 31.2 Å². The zero-order chi connectivity index (χ0) is 20.3. The average molecular weight is 462 g/mol. The van der Waals surface area contributed by atoms with Crippen molar-refractivity contribution < 1.29 is 14.3 Å². The van der Waals surface area contributed by atoms with Crippen LogP contribution in [0.3, 0.4) is 0 Å². The van der Waals surface area contributed by atoms with Gasteiger partial charge in [0.15, 0.2) is 5.11 Å². The summed E-state index contributed by atoms with van der Waals surface area (Å²) in [5, 5.41) is 9.62. The molecule has 0 spiro atoms. The molecule has 8 heteroatoms. The van der Waals surface area contributed by atoms with Gasteiger partial charge < -0.3 is 25.4 Å². The van der Waals surface area contributed by atoms with Crippen molar-refractivity contribution in [1.82, 2.24) is 10.6 Å². The second-order valence-electron chi connectivity index (χ2n) is 6.15. The number of methoxy groups -OCH3 is 2. The predicted octanol–water partition coefficient (Wildman–Crippen LogP) is 3.90. The lowest BCUT2D eigenvalue weighted by Crippen LogP contribution is -2.45. The number of halogens is 1. The van der Waals surface area contributed by atoms with Crippen LogP contribution in [0.4, 0.5) is 5.69 Å². The molecule has 6 nitrogen and oxygen atoms in total. The van der Waals surface area contributed by atoms with Gasteiger partial charge in [-0.25, -0.2) is 0 Å². The summed E-state index contributed by atoms with van der Waals surface area (Å²) in [6.45, 7) is 1.83. The van der Waals surface area contributed by atoms with E-state index in [1.54, 1.807) is 32.4 Å². The molecule has 0 aliphatic carbocycles. The molecule has 1 amide bonds. The number of carbonyl (C=O) groups is 1. The molecule has 3 N–H and O–H groups in total. The average Bonchev–Trinajstić information content (AvgIpc) is 2.67. The predicted molar refractivity (Wildman–Crippen MR) is 117 cm³/mol. The molecule has 1 aliphatic rings. The number of nitrogens with one attached hydrogen (secondary N) is 3. The van der Waals surface area contributed by atoms with Crippen molar-refractivity contribution in [2.75, 3.05) is 19.5 Å². The van der Waals surface area contributed by atoms with E-state index in [0.29, 0.717) is 33.6 Å². The molecular formula is C20H20BrN3O3S. The van der Waals surface area contributed by atoms with E-state index in [-0.39, 0.29) is 11.9 Å². The fourth-order valence-corrected chi connectivity index (χ4v) is 3.71. The van der Waals surface area contributed by atoms with E-state index >= 15 is 0 Å². The van der Waals surface area contributed by atoms with E-state index in [9.17, 15) is 4.79 Å². The first-order valence-corrected chi connectivity index (χ1v) is 9.70. The van der Waals surface area contributed by atoms with Gasteiger partial charge in [0.1, 0.15) is 11.5 Å². The number of benzene rings is 2. The minimum atomic E-state index is -0.379. The standard InChI is InChI=1S/C20H20BrN3O3S/c1-11-17(18(24-20(28)22-11)12-5-4-6-13(21)9-12)19(25)23-15-8-7-14(26-2)10-16(15)27-3/h4-10,18H,1-3H3,(H,23,25)(H2,22,24,28)/t18-/m0/s1. The number of allylic oxidation sites excluding steroid dienone is 1. The summed E-state index contributed by atoms with van der Waals surface area (Å²) in [6.07, 6.45) is 0. The highest BCUT2D eigenvalue weighted by atomic mass is 79.9. The molecule has 1 heterocycles. The number of hydrogen-bond acceptors (Lipinski definition) is 4. The van der Waals surface area contributed by atoms with Crippen LogP contribution < -0.4 is 25.4 Å². The SMILES string of the molecule is COc1ccc(NC(=O)C2=C(C)NC(=S)N[C@H]2c2cccc(Br)c2)c(OC)c1. The summed E-state index contributed by atoms with van der Waals surface area (Å²) in [5.74, 6) is 0.897. The zero-order valence-electron chi connectivity index (χ0n) is 15.6. The Kier molecular flexibility index (Phi) is 6.21. The van der Waals surface area contributed by atoms with Crippen molar-refractivity contribution in [2.45, 2.75) is 13.0 Å². The Morgan fingerprint density at radius 2 is 1.96 bits per heavy atom. The molecular weight excluding hydrogens is 442 g/mol. The third kappa shape index (κ3) is 4.28. The molecule has 1 aliphatic heterocycles. The number of rotatable bonds is 5. The Labute approximate surface area is 177 Å². The van der Waals surface area contributed by atoms with Crippen LogP contribution >= 0.6 is 28.1 Å². The lowest BCUT2D eigenvalue weighted by Gasteiger charge is -2.30. The van der Waals surface area contributed by atoms with Gasteiger partial charge in [-0.2, -0.15) is 0 Å². The van der Waals surface area contributed by atoms with E-state index in [1.165, 1.54) is 0 Å². The molecule has 2 aromatic rings. The molecule has 28 heavy (non-hydrogen) atoms. The second kappa shape index (κ2) is 8.62. The lowest BCUT2D eigenvalue weighted by atomic mass is 9.95. The Hall–Kier alpha value is -2.58. The van der Waals surface area contributed by atoms with Crippen molar-refractivity contribution in [2.24, 2.45) is 0 Å². The Morgan fingerprint density at radius 3 is 2.64 bits per heavy atom. The minimum Gasteiger partial charge on any atom is -0.497 e.